The van der Waals surface area contributed by atoms with Crippen LogP contribution in [0.2, 0.25) is 5.02 Å². The van der Waals surface area contributed by atoms with Gasteiger partial charge in [0.1, 0.15) is 16.2 Å². The number of aryl methyl sites for hydroxylation is 1. The van der Waals surface area contributed by atoms with E-state index in [1.54, 1.807) is 23.1 Å². The van der Waals surface area contributed by atoms with Gasteiger partial charge in [0, 0.05) is 30.5 Å². The first-order chi connectivity index (χ1) is 16.8. The average Bonchev–Trinajstić information content (AvgIpc) is 3.05. The summed E-state index contributed by atoms with van der Waals surface area (Å²) in [5.41, 5.74) is 2.60. The van der Waals surface area contributed by atoms with Gasteiger partial charge in [-0.3, -0.25) is 19.5 Å². The van der Waals surface area contributed by atoms with Crippen LogP contribution in [0.1, 0.15) is 27.9 Å². The number of nitrogens with zero attached hydrogens (tertiary/aromatic N) is 3. The normalized spacial score (nSPS) is 13.8. The number of nitrogens with one attached hydrogen (secondary N) is 1. The number of para-hydroxylation sites is 1. The summed E-state index contributed by atoms with van der Waals surface area (Å²) >= 11 is 6.17. The highest BCUT2D eigenvalue weighted by Crippen LogP contribution is 2.29. The van der Waals surface area contributed by atoms with Crippen molar-refractivity contribution in [1.82, 2.24) is 14.9 Å². The van der Waals surface area contributed by atoms with E-state index in [4.69, 9.17) is 11.6 Å². The second kappa shape index (κ2) is 9.24. The zero-order valence-corrected chi connectivity index (χ0v) is 20.0. The molecular formula is C25H20ClFN4O3S. The van der Waals surface area contributed by atoms with Crippen molar-refractivity contribution in [1.29, 1.82) is 0 Å². The molecule has 0 aliphatic carbocycles. The number of benzene rings is 3. The predicted molar refractivity (Wildman–Crippen MR) is 131 cm³/mol. The van der Waals surface area contributed by atoms with E-state index in [2.05, 4.69) is 14.7 Å². The Labute approximate surface area is 206 Å². The Morgan fingerprint density at radius 1 is 1.03 bits per heavy atom. The van der Waals surface area contributed by atoms with E-state index < -0.39 is 10.0 Å². The number of hydrogen-bond acceptors (Lipinski definition) is 5. The molecule has 0 unspecified atom stereocenters. The summed E-state index contributed by atoms with van der Waals surface area (Å²) in [7, 11) is -4.13. The first-order valence-electron chi connectivity index (χ1n) is 10.9. The lowest BCUT2D eigenvalue weighted by Gasteiger charge is -2.23. The number of carbonyl (C=O) groups excluding carboxylic acids is 1. The van der Waals surface area contributed by atoms with Crippen molar-refractivity contribution in [3.8, 4) is 0 Å². The minimum atomic E-state index is -4.13. The minimum absolute atomic E-state index is 0.0620. The van der Waals surface area contributed by atoms with Crippen molar-refractivity contribution >= 4 is 44.3 Å². The summed E-state index contributed by atoms with van der Waals surface area (Å²) in [5.74, 6) is -0.662. The molecule has 0 radical (unpaired) electrons. The van der Waals surface area contributed by atoms with Crippen molar-refractivity contribution in [3.05, 3.63) is 94.5 Å². The van der Waals surface area contributed by atoms with E-state index >= 15 is 0 Å². The number of carbonyl (C=O) groups is 1. The highest BCUT2D eigenvalue weighted by Gasteiger charge is 2.26. The minimum Gasteiger partial charge on any atom is -0.334 e. The summed E-state index contributed by atoms with van der Waals surface area (Å²) in [6, 6.07) is 13.7. The second-order valence-corrected chi connectivity index (χ2v) is 10.3. The maximum atomic E-state index is 13.7. The van der Waals surface area contributed by atoms with Crippen LogP contribution in [-0.2, 0) is 23.0 Å². The van der Waals surface area contributed by atoms with Crippen molar-refractivity contribution in [2.45, 2.75) is 24.3 Å². The van der Waals surface area contributed by atoms with E-state index in [9.17, 15) is 17.6 Å². The molecule has 1 aliphatic heterocycles. The van der Waals surface area contributed by atoms with Crippen molar-refractivity contribution in [3.63, 3.8) is 0 Å². The molecule has 1 N–H and O–H groups in total. The van der Waals surface area contributed by atoms with E-state index in [0.717, 1.165) is 11.1 Å². The maximum Gasteiger partial charge on any atom is 0.264 e. The molecule has 0 saturated carbocycles. The quantitative estimate of drug-likeness (QED) is 0.425. The highest BCUT2D eigenvalue weighted by molar-refractivity contribution is 7.93. The molecule has 178 valence electrons. The number of anilines is 1. The van der Waals surface area contributed by atoms with Crippen LogP contribution in [0, 0.1) is 5.82 Å². The Balaban J connectivity index is 1.50. The fourth-order valence-corrected chi connectivity index (χ4v) is 5.65. The lowest BCUT2D eigenvalue weighted by molar-refractivity contribution is 0.0747. The van der Waals surface area contributed by atoms with Gasteiger partial charge in [0.15, 0.2) is 0 Å². The van der Waals surface area contributed by atoms with Crippen molar-refractivity contribution in [2.75, 3.05) is 11.3 Å². The van der Waals surface area contributed by atoms with Gasteiger partial charge >= 0.3 is 0 Å². The Morgan fingerprint density at radius 3 is 2.71 bits per heavy atom. The third-order valence-electron chi connectivity index (χ3n) is 5.90. The van der Waals surface area contributed by atoms with Gasteiger partial charge < -0.3 is 4.90 Å². The van der Waals surface area contributed by atoms with Crippen LogP contribution >= 0.6 is 11.6 Å². The molecule has 5 rings (SSSR count). The first-order valence-corrected chi connectivity index (χ1v) is 12.8. The third-order valence-corrected chi connectivity index (χ3v) is 7.53. The average molecular weight is 511 g/mol. The molecular weight excluding hydrogens is 491 g/mol. The van der Waals surface area contributed by atoms with Gasteiger partial charge in [0.2, 0.25) is 0 Å². The molecule has 1 aromatic heterocycles. The maximum absolute atomic E-state index is 13.7. The Hall–Kier alpha value is -3.56. The van der Waals surface area contributed by atoms with Gasteiger partial charge in [-0.1, -0.05) is 23.7 Å². The van der Waals surface area contributed by atoms with E-state index in [-0.39, 0.29) is 38.4 Å². The van der Waals surface area contributed by atoms with Crippen molar-refractivity contribution < 1.29 is 17.6 Å². The lowest BCUT2D eigenvalue weighted by Crippen LogP contribution is -2.31. The van der Waals surface area contributed by atoms with E-state index in [1.165, 1.54) is 48.8 Å². The summed E-state index contributed by atoms with van der Waals surface area (Å²) in [6.45, 7) is 0.741. The molecule has 0 atom stereocenters. The molecule has 0 fully saturated rings. The zero-order valence-electron chi connectivity index (χ0n) is 18.4. The summed E-state index contributed by atoms with van der Waals surface area (Å²) in [6.07, 6.45) is 4.21. The number of sulfonamides is 1. The fourth-order valence-electron chi connectivity index (χ4n) is 4.24. The van der Waals surface area contributed by atoms with Crippen LogP contribution < -0.4 is 4.72 Å². The van der Waals surface area contributed by atoms with Gasteiger partial charge in [-0.25, -0.2) is 12.8 Å². The largest absolute Gasteiger partial charge is 0.334 e. The molecule has 4 aromatic rings. The lowest BCUT2D eigenvalue weighted by atomic mass is 10.0. The topological polar surface area (TPSA) is 92.3 Å². The van der Waals surface area contributed by atoms with Gasteiger partial charge in [-0.2, -0.15) is 0 Å². The number of rotatable bonds is 4. The summed E-state index contributed by atoms with van der Waals surface area (Å²) < 4.78 is 42.9. The number of hydrogen-bond donors (Lipinski definition) is 1. The van der Waals surface area contributed by atoms with Crippen LogP contribution in [0.5, 0.6) is 0 Å². The standard InChI is InChI=1S/C25H20ClFN4O3S/c26-18-7-9-20(25(32)31-12-2-3-16-13-19(27)8-6-17(16)15-31)22(14-18)30-35(33,34)23-5-1-4-21-24(23)29-11-10-28-21/h1,4-11,13-14,30H,2-3,12,15H2. The Morgan fingerprint density at radius 2 is 1.86 bits per heavy atom. The SMILES string of the molecule is O=C(c1ccc(Cl)cc1NS(=O)(=O)c1cccc2nccnc12)N1CCCc2cc(F)ccc2C1. The van der Waals surface area contributed by atoms with Crippen LogP contribution in [0.4, 0.5) is 10.1 Å². The van der Waals surface area contributed by atoms with Gasteiger partial charge in [0.05, 0.1) is 16.8 Å². The number of amides is 1. The molecule has 10 heteroatoms. The second-order valence-electron chi connectivity index (χ2n) is 8.22. The number of halogens is 2. The fraction of sp³-hybridized carbons (Fsp3) is 0.160. The third kappa shape index (κ3) is 4.69. The molecule has 0 saturated heterocycles. The highest BCUT2D eigenvalue weighted by atomic mass is 35.5. The van der Waals surface area contributed by atoms with E-state index in [0.29, 0.717) is 31.4 Å². The van der Waals surface area contributed by atoms with Crippen molar-refractivity contribution in [2.24, 2.45) is 0 Å². The predicted octanol–water partition coefficient (Wildman–Crippen LogP) is 4.81. The number of aromatic nitrogens is 2. The molecule has 3 aromatic carbocycles. The van der Waals surface area contributed by atoms with Crippen LogP contribution in [0.25, 0.3) is 11.0 Å². The summed E-state index contributed by atoms with van der Waals surface area (Å²) in [5, 5.41) is 0.272. The molecule has 0 bridgehead atoms. The monoisotopic (exact) mass is 510 g/mol. The molecule has 1 amide bonds. The first kappa shape index (κ1) is 23.2. The summed E-state index contributed by atoms with van der Waals surface area (Å²) in [4.78, 5) is 23.4. The van der Waals surface area contributed by atoms with Gasteiger partial charge in [-0.05, 0) is 66.4 Å². The van der Waals surface area contributed by atoms with Gasteiger partial charge in [-0.15, -0.1) is 0 Å². The zero-order chi connectivity index (χ0) is 24.6. The Kier molecular flexibility index (Phi) is 6.12. The Bertz CT molecular complexity index is 1560. The smallest absolute Gasteiger partial charge is 0.264 e. The van der Waals surface area contributed by atoms with Crippen LogP contribution in [-0.4, -0.2) is 35.7 Å². The molecule has 2 heterocycles. The van der Waals surface area contributed by atoms with Crippen LogP contribution in [0.3, 0.4) is 0 Å². The molecule has 7 nitrogen and oxygen atoms in total. The van der Waals surface area contributed by atoms with Gasteiger partial charge in [0.25, 0.3) is 15.9 Å². The van der Waals surface area contributed by atoms with E-state index in [1.807, 2.05) is 0 Å². The molecule has 1 aliphatic rings. The number of fused-ring (bicyclic) bond motifs is 2. The molecule has 0 spiro atoms. The van der Waals surface area contributed by atoms with Crippen LogP contribution in [0.15, 0.2) is 71.9 Å². The molecule has 35 heavy (non-hydrogen) atoms.